The zero-order valence-corrected chi connectivity index (χ0v) is 12.2. The van der Waals surface area contributed by atoms with Gasteiger partial charge in [0.25, 0.3) is 0 Å². The van der Waals surface area contributed by atoms with Crippen LogP contribution in [0.3, 0.4) is 0 Å². The Morgan fingerprint density at radius 1 is 1.47 bits per heavy atom. The summed E-state index contributed by atoms with van der Waals surface area (Å²) in [6, 6.07) is 6.30. The van der Waals surface area contributed by atoms with Crippen molar-refractivity contribution in [2.45, 2.75) is 18.9 Å². The minimum atomic E-state index is 0.517. The summed E-state index contributed by atoms with van der Waals surface area (Å²) in [5, 5.41) is 4.92. The van der Waals surface area contributed by atoms with E-state index in [1.807, 2.05) is 37.0 Å². The predicted octanol–water partition coefficient (Wildman–Crippen LogP) is 3.88. The molecule has 2 rings (SSSR count). The summed E-state index contributed by atoms with van der Waals surface area (Å²) in [7, 11) is 2.04. The first-order valence-corrected chi connectivity index (χ1v) is 7.80. The molecule has 1 aliphatic heterocycles. The van der Waals surface area contributed by atoms with Gasteiger partial charge in [-0.2, -0.15) is 11.8 Å². The lowest BCUT2D eigenvalue weighted by atomic mass is 9.93. The van der Waals surface area contributed by atoms with Crippen LogP contribution in [0, 0.1) is 5.92 Å². The molecule has 1 fully saturated rings. The van der Waals surface area contributed by atoms with E-state index in [1.54, 1.807) is 0 Å². The summed E-state index contributed by atoms with van der Waals surface area (Å²) in [5.41, 5.74) is 1.19. The van der Waals surface area contributed by atoms with E-state index in [1.165, 1.54) is 23.5 Å². The van der Waals surface area contributed by atoms with Crippen LogP contribution >= 0.6 is 35.0 Å². The molecule has 1 aromatic rings. The second kappa shape index (κ2) is 6.33. The Balaban J connectivity index is 2.06. The number of nitrogens with one attached hydrogen (secondary N) is 1. The highest BCUT2D eigenvalue weighted by molar-refractivity contribution is 7.99. The average Bonchev–Trinajstić information content (AvgIpc) is 2.81. The quantitative estimate of drug-likeness (QED) is 0.903. The van der Waals surface area contributed by atoms with Crippen LogP contribution in [-0.2, 0) is 6.42 Å². The number of hydrogen-bond acceptors (Lipinski definition) is 2. The van der Waals surface area contributed by atoms with Crippen LogP contribution in [0.1, 0.15) is 12.0 Å². The SMILES string of the molecule is CNC(Cc1ccc(Cl)cc1Cl)C1CCSC1. The van der Waals surface area contributed by atoms with Gasteiger partial charge in [0.15, 0.2) is 0 Å². The number of likely N-dealkylation sites (N-methyl/N-ethyl adjacent to an activating group) is 1. The van der Waals surface area contributed by atoms with Crippen LogP contribution in [0.2, 0.25) is 10.0 Å². The Labute approximate surface area is 117 Å². The molecule has 17 heavy (non-hydrogen) atoms. The number of thioether (sulfide) groups is 1. The van der Waals surface area contributed by atoms with Gasteiger partial charge in [0.2, 0.25) is 0 Å². The van der Waals surface area contributed by atoms with Crippen molar-refractivity contribution in [3.63, 3.8) is 0 Å². The first kappa shape index (κ1) is 13.5. The molecule has 4 heteroatoms. The Bertz CT molecular complexity index is 378. The van der Waals surface area contributed by atoms with Crippen LogP contribution in [0.5, 0.6) is 0 Å². The largest absolute Gasteiger partial charge is 0.316 e. The fourth-order valence-electron chi connectivity index (χ4n) is 2.30. The summed E-state index contributed by atoms with van der Waals surface area (Å²) < 4.78 is 0. The first-order valence-electron chi connectivity index (χ1n) is 5.89. The number of hydrogen-bond donors (Lipinski definition) is 1. The molecular formula is C13H17Cl2NS. The molecule has 0 aromatic heterocycles. The molecule has 0 radical (unpaired) electrons. The molecule has 1 N–H and O–H groups in total. The van der Waals surface area contributed by atoms with Gasteiger partial charge in [0.05, 0.1) is 0 Å². The normalized spacial score (nSPS) is 21.7. The summed E-state index contributed by atoms with van der Waals surface area (Å²) in [6.45, 7) is 0. The van der Waals surface area contributed by atoms with Gasteiger partial charge in [-0.3, -0.25) is 0 Å². The van der Waals surface area contributed by atoms with Crippen LogP contribution in [0.15, 0.2) is 18.2 Å². The molecule has 1 aliphatic rings. The Morgan fingerprint density at radius 3 is 2.88 bits per heavy atom. The third kappa shape index (κ3) is 3.54. The lowest BCUT2D eigenvalue weighted by molar-refractivity contribution is 0.404. The monoisotopic (exact) mass is 289 g/mol. The van der Waals surface area contributed by atoms with Gasteiger partial charge < -0.3 is 5.32 Å². The van der Waals surface area contributed by atoms with Gasteiger partial charge in [0.1, 0.15) is 0 Å². The van der Waals surface area contributed by atoms with Crippen molar-refractivity contribution in [3.05, 3.63) is 33.8 Å². The first-order chi connectivity index (χ1) is 8.20. The maximum absolute atomic E-state index is 6.22. The lowest BCUT2D eigenvalue weighted by Crippen LogP contribution is -2.35. The second-order valence-corrected chi connectivity index (χ2v) is 6.45. The molecule has 1 aromatic carbocycles. The van der Waals surface area contributed by atoms with Crippen LogP contribution < -0.4 is 5.32 Å². The average molecular weight is 290 g/mol. The van der Waals surface area contributed by atoms with Crippen molar-refractivity contribution < 1.29 is 0 Å². The highest BCUT2D eigenvalue weighted by atomic mass is 35.5. The van der Waals surface area contributed by atoms with E-state index in [4.69, 9.17) is 23.2 Å². The molecule has 0 saturated carbocycles. The van der Waals surface area contributed by atoms with Gasteiger partial charge in [-0.1, -0.05) is 29.3 Å². The Kier molecular flexibility index (Phi) is 5.04. The Hall–Kier alpha value is 0.110. The van der Waals surface area contributed by atoms with E-state index in [2.05, 4.69) is 5.32 Å². The maximum atomic E-state index is 6.22. The van der Waals surface area contributed by atoms with Gasteiger partial charge in [-0.05, 0) is 55.0 Å². The van der Waals surface area contributed by atoms with Crippen molar-refractivity contribution in [1.29, 1.82) is 0 Å². The maximum Gasteiger partial charge on any atom is 0.0453 e. The minimum absolute atomic E-state index is 0.517. The molecule has 1 saturated heterocycles. The van der Waals surface area contributed by atoms with Gasteiger partial charge in [-0.15, -0.1) is 0 Å². The van der Waals surface area contributed by atoms with Gasteiger partial charge >= 0.3 is 0 Å². The standard InChI is InChI=1S/C13H17Cl2NS/c1-16-13(10-4-5-17-8-10)6-9-2-3-11(14)7-12(9)15/h2-3,7,10,13,16H,4-6,8H2,1H3. The number of halogens is 2. The van der Waals surface area contributed by atoms with Crippen molar-refractivity contribution in [2.75, 3.05) is 18.6 Å². The van der Waals surface area contributed by atoms with Crippen LogP contribution in [0.25, 0.3) is 0 Å². The zero-order valence-electron chi connectivity index (χ0n) is 9.88. The fourth-order valence-corrected chi connectivity index (χ4v) is 4.12. The van der Waals surface area contributed by atoms with E-state index >= 15 is 0 Å². The molecule has 94 valence electrons. The van der Waals surface area contributed by atoms with Crippen molar-refractivity contribution in [1.82, 2.24) is 5.32 Å². The number of rotatable bonds is 4. The molecule has 2 atom stereocenters. The summed E-state index contributed by atoms with van der Waals surface area (Å²) in [4.78, 5) is 0. The molecule has 0 bridgehead atoms. The van der Waals surface area contributed by atoms with Gasteiger partial charge in [0, 0.05) is 16.1 Å². The molecule has 0 amide bonds. The van der Waals surface area contributed by atoms with Crippen molar-refractivity contribution in [2.24, 2.45) is 5.92 Å². The van der Waals surface area contributed by atoms with E-state index in [9.17, 15) is 0 Å². The Morgan fingerprint density at radius 2 is 2.29 bits per heavy atom. The molecule has 0 aliphatic carbocycles. The zero-order chi connectivity index (χ0) is 12.3. The molecule has 0 spiro atoms. The van der Waals surface area contributed by atoms with E-state index < -0.39 is 0 Å². The fraction of sp³-hybridized carbons (Fsp3) is 0.538. The third-order valence-corrected chi connectivity index (χ3v) is 5.13. The van der Waals surface area contributed by atoms with Gasteiger partial charge in [-0.25, -0.2) is 0 Å². The van der Waals surface area contributed by atoms with Crippen LogP contribution in [-0.4, -0.2) is 24.6 Å². The van der Waals surface area contributed by atoms with Crippen molar-refractivity contribution in [3.8, 4) is 0 Å². The van der Waals surface area contributed by atoms with E-state index in [-0.39, 0.29) is 0 Å². The second-order valence-electron chi connectivity index (χ2n) is 4.46. The number of benzene rings is 1. The highest BCUT2D eigenvalue weighted by Gasteiger charge is 2.24. The smallest absolute Gasteiger partial charge is 0.0453 e. The molecule has 2 unspecified atom stereocenters. The predicted molar refractivity (Wildman–Crippen MR) is 78.4 cm³/mol. The topological polar surface area (TPSA) is 12.0 Å². The highest BCUT2D eigenvalue weighted by Crippen LogP contribution is 2.29. The third-order valence-electron chi connectivity index (χ3n) is 3.36. The molecular weight excluding hydrogens is 273 g/mol. The summed E-state index contributed by atoms with van der Waals surface area (Å²) in [6.07, 6.45) is 2.29. The lowest BCUT2D eigenvalue weighted by Gasteiger charge is -2.23. The molecule has 1 heterocycles. The minimum Gasteiger partial charge on any atom is -0.316 e. The molecule has 1 nitrogen and oxygen atoms in total. The summed E-state index contributed by atoms with van der Waals surface area (Å²) >= 11 is 14.2. The van der Waals surface area contributed by atoms with Crippen LogP contribution in [0.4, 0.5) is 0 Å². The van der Waals surface area contributed by atoms with E-state index in [0.717, 1.165) is 17.4 Å². The summed E-state index contributed by atoms with van der Waals surface area (Å²) in [5.74, 6) is 3.31. The van der Waals surface area contributed by atoms with E-state index in [0.29, 0.717) is 11.1 Å². The van der Waals surface area contributed by atoms with Crippen molar-refractivity contribution >= 4 is 35.0 Å².